The van der Waals surface area contributed by atoms with Gasteiger partial charge < -0.3 is 10.1 Å². The van der Waals surface area contributed by atoms with Gasteiger partial charge in [0.05, 0.1) is 18.7 Å². The molecule has 2 aromatic rings. The van der Waals surface area contributed by atoms with E-state index in [1.807, 2.05) is 55.1 Å². The summed E-state index contributed by atoms with van der Waals surface area (Å²) in [6.45, 7) is 7.19. The molecule has 1 amide bonds. The number of rotatable bonds is 7. The normalized spacial score (nSPS) is 26.4. The number of benzene rings is 1. The maximum Gasteiger partial charge on any atom is 0.224 e. The Balaban J connectivity index is 1.31. The number of hydrogen-bond donors (Lipinski definition) is 1. The number of carbonyl (C=O) groups excluding carboxylic acids is 1. The van der Waals surface area contributed by atoms with Gasteiger partial charge in [-0.3, -0.25) is 14.4 Å². The predicted molar refractivity (Wildman–Crippen MR) is 106 cm³/mol. The van der Waals surface area contributed by atoms with E-state index in [2.05, 4.69) is 20.5 Å². The van der Waals surface area contributed by atoms with Gasteiger partial charge in [0.2, 0.25) is 5.91 Å². The number of hydrogen-bond acceptors (Lipinski definition) is 5. The molecule has 1 aromatic heterocycles. The van der Waals surface area contributed by atoms with Crippen molar-refractivity contribution < 1.29 is 9.53 Å². The number of fused-ring (bicyclic) bond motifs is 3. The zero-order valence-electron chi connectivity index (χ0n) is 16.6. The molecule has 7 nitrogen and oxygen atoms in total. The van der Waals surface area contributed by atoms with Crippen LogP contribution in [0.1, 0.15) is 32.4 Å². The average molecular weight is 383 g/mol. The fourth-order valence-corrected chi connectivity index (χ4v) is 4.40. The Labute approximate surface area is 166 Å². The van der Waals surface area contributed by atoms with Crippen LogP contribution in [-0.4, -0.2) is 51.0 Å². The average Bonchev–Trinajstić information content (AvgIpc) is 3.14. The smallest absolute Gasteiger partial charge is 0.224 e. The van der Waals surface area contributed by atoms with Gasteiger partial charge in [-0.1, -0.05) is 23.4 Å². The van der Waals surface area contributed by atoms with E-state index in [9.17, 15) is 4.79 Å². The highest BCUT2D eigenvalue weighted by Gasteiger charge is 2.43. The predicted octanol–water partition coefficient (Wildman–Crippen LogP) is 2.09. The van der Waals surface area contributed by atoms with E-state index in [4.69, 9.17) is 4.74 Å². The van der Waals surface area contributed by atoms with Crippen molar-refractivity contribution in [2.24, 2.45) is 11.8 Å². The van der Waals surface area contributed by atoms with Gasteiger partial charge in [0.15, 0.2) is 0 Å². The van der Waals surface area contributed by atoms with Crippen molar-refractivity contribution in [2.75, 3.05) is 13.1 Å². The molecule has 2 bridgehead atoms. The number of amides is 1. The first kappa shape index (κ1) is 18.9. The summed E-state index contributed by atoms with van der Waals surface area (Å²) in [6, 6.07) is 10.4. The molecule has 0 radical (unpaired) electrons. The Morgan fingerprint density at radius 3 is 2.86 bits per heavy atom. The summed E-state index contributed by atoms with van der Waals surface area (Å²) in [5, 5.41) is 11.6. The standard InChI is InChI=1S/C21H29N5O2/c1-15(2)22-21(27)20-13-25-9-8-16(20)10-18(25)12-26-11-17(23-24-26)14-28-19-6-4-3-5-7-19/h3-7,11,15-16,18,20H,8-10,12-14H2,1-2H3,(H,22,27)/t16-,18-,20-/m1/s1. The van der Waals surface area contributed by atoms with Crippen LogP contribution >= 0.6 is 0 Å². The molecule has 4 atom stereocenters. The van der Waals surface area contributed by atoms with Crippen LogP contribution < -0.4 is 10.1 Å². The van der Waals surface area contributed by atoms with Gasteiger partial charge in [-0.2, -0.15) is 0 Å². The summed E-state index contributed by atoms with van der Waals surface area (Å²) in [4.78, 5) is 14.9. The van der Waals surface area contributed by atoms with Crippen molar-refractivity contribution in [1.29, 1.82) is 0 Å². The minimum atomic E-state index is 0.123. The lowest BCUT2D eigenvalue weighted by Gasteiger charge is -2.49. The molecule has 150 valence electrons. The third-order valence-corrected chi connectivity index (χ3v) is 5.76. The van der Waals surface area contributed by atoms with E-state index in [0.29, 0.717) is 18.6 Å². The Morgan fingerprint density at radius 2 is 2.14 bits per heavy atom. The van der Waals surface area contributed by atoms with E-state index in [-0.39, 0.29) is 17.9 Å². The van der Waals surface area contributed by atoms with Crippen LogP contribution in [0.2, 0.25) is 0 Å². The summed E-state index contributed by atoms with van der Waals surface area (Å²) in [5.41, 5.74) is 0.828. The number of carbonyl (C=O) groups is 1. The zero-order valence-corrected chi connectivity index (χ0v) is 16.6. The summed E-state index contributed by atoms with van der Waals surface area (Å²) < 4.78 is 7.66. The Bertz CT molecular complexity index is 791. The summed E-state index contributed by atoms with van der Waals surface area (Å²) >= 11 is 0. The topological polar surface area (TPSA) is 72.3 Å². The SMILES string of the molecule is CC(C)NC(=O)[C@@H]1CN2CC[C@@H]1C[C@@H]2Cn1cc(COc2ccccc2)nn1. The van der Waals surface area contributed by atoms with E-state index in [0.717, 1.165) is 43.9 Å². The molecule has 0 saturated carbocycles. The lowest BCUT2D eigenvalue weighted by molar-refractivity contribution is -0.133. The number of nitrogens with zero attached hydrogens (tertiary/aromatic N) is 4. The molecule has 0 spiro atoms. The van der Waals surface area contributed by atoms with Crippen LogP contribution in [0.4, 0.5) is 0 Å². The lowest BCUT2D eigenvalue weighted by Crippen LogP contribution is -2.58. The number of aromatic nitrogens is 3. The van der Waals surface area contributed by atoms with E-state index < -0.39 is 0 Å². The second-order valence-electron chi connectivity index (χ2n) is 8.24. The third-order valence-electron chi connectivity index (χ3n) is 5.76. The zero-order chi connectivity index (χ0) is 19.5. The van der Waals surface area contributed by atoms with E-state index >= 15 is 0 Å². The first-order valence-corrected chi connectivity index (χ1v) is 10.2. The maximum absolute atomic E-state index is 12.5. The first-order chi connectivity index (χ1) is 13.6. The summed E-state index contributed by atoms with van der Waals surface area (Å²) in [7, 11) is 0. The number of nitrogens with one attached hydrogen (secondary N) is 1. The summed E-state index contributed by atoms with van der Waals surface area (Å²) in [6.07, 6.45) is 4.13. The molecule has 3 fully saturated rings. The van der Waals surface area contributed by atoms with Gasteiger partial charge in [0.1, 0.15) is 18.1 Å². The number of piperidine rings is 3. The fraction of sp³-hybridized carbons (Fsp3) is 0.571. The molecule has 5 rings (SSSR count). The minimum absolute atomic E-state index is 0.123. The molecule has 1 N–H and O–H groups in total. The van der Waals surface area contributed by atoms with Gasteiger partial charge in [-0.25, -0.2) is 0 Å². The van der Waals surface area contributed by atoms with Gasteiger partial charge in [0.25, 0.3) is 0 Å². The Kier molecular flexibility index (Phi) is 5.62. The molecule has 4 heterocycles. The van der Waals surface area contributed by atoms with Crippen LogP contribution in [0.3, 0.4) is 0 Å². The van der Waals surface area contributed by atoms with Crippen LogP contribution in [0, 0.1) is 11.8 Å². The van der Waals surface area contributed by atoms with Crippen molar-refractivity contribution in [2.45, 2.75) is 51.9 Å². The van der Waals surface area contributed by atoms with Crippen LogP contribution in [0.5, 0.6) is 5.75 Å². The molecule has 3 aliphatic rings. The minimum Gasteiger partial charge on any atom is -0.487 e. The van der Waals surface area contributed by atoms with Gasteiger partial charge in [-0.05, 0) is 51.3 Å². The lowest BCUT2D eigenvalue weighted by atomic mass is 9.75. The fourth-order valence-electron chi connectivity index (χ4n) is 4.40. The first-order valence-electron chi connectivity index (χ1n) is 10.2. The monoisotopic (exact) mass is 383 g/mol. The molecule has 7 heteroatoms. The maximum atomic E-state index is 12.5. The van der Waals surface area contributed by atoms with Crippen LogP contribution in [-0.2, 0) is 17.9 Å². The molecular formula is C21H29N5O2. The van der Waals surface area contributed by atoms with Gasteiger partial charge in [-0.15, -0.1) is 5.10 Å². The highest BCUT2D eigenvalue weighted by Crippen LogP contribution is 2.37. The second kappa shape index (κ2) is 8.31. The molecule has 0 aliphatic carbocycles. The third kappa shape index (κ3) is 4.35. The van der Waals surface area contributed by atoms with Crippen molar-refractivity contribution in [3.05, 3.63) is 42.2 Å². The van der Waals surface area contributed by atoms with Gasteiger partial charge in [0, 0.05) is 18.6 Å². The second-order valence-corrected chi connectivity index (χ2v) is 8.24. The van der Waals surface area contributed by atoms with Gasteiger partial charge >= 0.3 is 0 Å². The summed E-state index contributed by atoms with van der Waals surface area (Å²) in [5.74, 6) is 1.64. The molecular weight excluding hydrogens is 354 g/mol. The quantitative estimate of drug-likeness (QED) is 0.793. The Hall–Kier alpha value is -2.41. The molecule has 28 heavy (non-hydrogen) atoms. The highest BCUT2D eigenvalue weighted by atomic mass is 16.5. The molecule has 1 unspecified atom stereocenters. The highest BCUT2D eigenvalue weighted by molar-refractivity contribution is 5.79. The van der Waals surface area contributed by atoms with Crippen molar-refractivity contribution >= 4 is 5.91 Å². The Morgan fingerprint density at radius 1 is 1.32 bits per heavy atom. The van der Waals surface area contributed by atoms with E-state index in [1.165, 1.54) is 0 Å². The van der Waals surface area contributed by atoms with E-state index in [1.54, 1.807) is 0 Å². The number of para-hydroxylation sites is 1. The molecule has 3 saturated heterocycles. The van der Waals surface area contributed by atoms with Crippen LogP contribution in [0.15, 0.2) is 36.5 Å². The number of ether oxygens (including phenoxy) is 1. The molecule has 3 aliphatic heterocycles. The molecule has 1 aromatic carbocycles. The van der Waals surface area contributed by atoms with Crippen LogP contribution in [0.25, 0.3) is 0 Å². The largest absolute Gasteiger partial charge is 0.487 e. The van der Waals surface area contributed by atoms with Crippen molar-refractivity contribution in [3.8, 4) is 5.75 Å². The van der Waals surface area contributed by atoms with Crippen molar-refractivity contribution in [3.63, 3.8) is 0 Å². The van der Waals surface area contributed by atoms with Crippen molar-refractivity contribution in [1.82, 2.24) is 25.2 Å².